The molecule has 1 heterocycles. The zero-order chi connectivity index (χ0) is 13.1. The molecular formula is C14H16N2O2. The normalized spacial score (nSPS) is 10.3. The lowest BCUT2D eigenvalue weighted by molar-refractivity contribution is 0.154. The van der Waals surface area contributed by atoms with Crippen molar-refractivity contribution in [2.75, 3.05) is 12.3 Å². The lowest BCUT2D eigenvalue weighted by atomic mass is 10.0. The molecule has 2 N–H and O–H groups in total. The van der Waals surface area contributed by atoms with E-state index in [0.29, 0.717) is 12.3 Å². The van der Waals surface area contributed by atoms with Crippen LogP contribution >= 0.6 is 0 Å². The fourth-order valence-electron chi connectivity index (χ4n) is 1.88. The summed E-state index contributed by atoms with van der Waals surface area (Å²) in [6.45, 7) is 4.08. The molecule has 94 valence electrons. The van der Waals surface area contributed by atoms with E-state index in [2.05, 4.69) is 0 Å². The molecule has 2 rings (SSSR count). The van der Waals surface area contributed by atoms with Crippen molar-refractivity contribution in [3.8, 4) is 11.1 Å². The number of carbonyl (C=O) groups is 1. The van der Waals surface area contributed by atoms with Crippen molar-refractivity contribution < 1.29 is 9.53 Å². The molecule has 1 aromatic carbocycles. The van der Waals surface area contributed by atoms with Gasteiger partial charge in [0.15, 0.2) is 0 Å². The lowest BCUT2D eigenvalue weighted by Crippen LogP contribution is -2.11. The predicted molar refractivity (Wildman–Crippen MR) is 71.4 cm³/mol. The summed E-state index contributed by atoms with van der Waals surface area (Å²) in [5.41, 5.74) is 9.50. The number of anilines is 1. The standard InChI is InChI=1S/C14H16N2O2/c1-3-18-14(17)16-8-10(2)12(9-16)11-6-4-5-7-13(11)15/h4-9H,3,15H2,1-2H3. The van der Waals surface area contributed by atoms with Gasteiger partial charge < -0.3 is 10.5 Å². The van der Waals surface area contributed by atoms with E-state index in [1.165, 1.54) is 4.57 Å². The topological polar surface area (TPSA) is 57.2 Å². The fourth-order valence-corrected chi connectivity index (χ4v) is 1.88. The van der Waals surface area contributed by atoms with Gasteiger partial charge in [-0.3, -0.25) is 4.57 Å². The van der Waals surface area contributed by atoms with Crippen LogP contribution in [0.5, 0.6) is 0 Å². The highest BCUT2D eigenvalue weighted by molar-refractivity contribution is 5.81. The van der Waals surface area contributed by atoms with Crippen LogP contribution in [0.3, 0.4) is 0 Å². The van der Waals surface area contributed by atoms with Crippen molar-refractivity contribution in [3.05, 3.63) is 42.2 Å². The lowest BCUT2D eigenvalue weighted by Gasteiger charge is -2.04. The Hall–Kier alpha value is -2.23. The van der Waals surface area contributed by atoms with Crippen molar-refractivity contribution in [1.29, 1.82) is 0 Å². The molecule has 1 aromatic heterocycles. The number of para-hydroxylation sites is 1. The monoisotopic (exact) mass is 244 g/mol. The van der Waals surface area contributed by atoms with E-state index in [4.69, 9.17) is 10.5 Å². The molecule has 0 unspecified atom stereocenters. The van der Waals surface area contributed by atoms with Crippen LogP contribution in [0.2, 0.25) is 0 Å². The zero-order valence-corrected chi connectivity index (χ0v) is 10.5. The molecule has 2 aromatic rings. The molecule has 0 saturated heterocycles. The molecule has 4 nitrogen and oxygen atoms in total. The minimum Gasteiger partial charge on any atom is -0.449 e. The molecule has 0 radical (unpaired) electrons. The van der Waals surface area contributed by atoms with Crippen LogP contribution in [-0.2, 0) is 4.74 Å². The van der Waals surface area contributed by atoms with E-state index in [1.54, 1.807) is 19.3 Å². The van der Waals surface area contributed by atoms with Gasteiger partial charge in [0.05, 0.1) is 6.61 Å². The molecule has 0 aliphatic heterocycles. The first-order valence-electron chi connectivity index (χ1n) is 5.84. The summed E-state index contributed by atoms with van der Waals surface area (Å²) in [4.78, 5) is 11.6. The summed E-state index contributed by atoms with van der Waals surface area (Å²) in [5, 5.41) is 0. The minimum absolute atomic E-state index is 0.360. The highest BCUT2D eigenvalue weighted by atomic mass is 16.5. The van der Waals surface area contributed by atoms with Gasteiger partial charge in [0, 0.05) is 29.2 Å². The number of nitrogens with zero attached hydrogens (tertiary/aromatic N) is 1. The number of hydrogen-bond donors (Lipinski definition) is 1. The van der Waals surface area contributed by atoms with Crippen LogP contribution in [0.25, 0.3) is 11.1 Å². The number of ether oxygens (including phenoxy) is 1. The molecular weight excluding hydrogens is 228 g/mol. The first kappa shape index (κ1) is 12.2. The minimum atomic E-state index is -0.374. The number of nitrogen functional groups attached to an aromatic ring is 1. The number of hydrogen-bond acceptors (Lipinski definition) is 3. The second-order valence-electron chi connectivity index (χ2n) is 4.05. The molecule has 0 saturated carbocycles. The Morgan fingerprint density at radius 2 is 2.00 bits per heavy atom. The van der Waals surface area contributed by atoms with Crippen LogP contribution in [0.1, 0.15) is 12.5 Å². The largest absolute Gasteiger partial charge is 0.449 e. The first-order chi connectivity index (χ1) is 8.63. The molecule has 0 fully saturated rings. The van der Waals surface area contributed by atoms with Gasteiger partial charge in [0.2, 0.25) is 0 Å². The van der Waals surface area contributed by atoms with Gasteiger partial charge in [-0.15, -0.1) is 0 Å². The van der Waals surface area contributed by atoms with Crippen LogP contribution < -0.4 is 5.73 Å². The van der Waals surface area contributed by atoms with E-state index in [9.17, 15) is 4.79 Å². The number of rotatable bonds is 2. The second-order valence-corrected chi connectivity index (χ2v) is 4.05. The number of aromatic nitrogens is 1. The Morgan fingerprint density at radius 1 is 1.28 bits per heavy atom. The number of aryl methyl sites for hydroxylation is 1. The van der Waals surface area contributed by atoms with E-state index < -0.39 is 0 Å². The summed E-state index contributed by atoms with van der Waals surface area (Å²) >= 11 is 0. The van der Waals surface area contributed by atoms with E-state index >= 15 is 0 Å². The number of nitrogens with two attached hydrogens (primary N) is 1. The van der Waals surface area contributed by atoms with Crippen LogP contribution in [0.4, 0.5) is 10.5 Å². The maximum Gasteiger partial charge on any atom is 0.417 e. The third-order valence-corrected chi connectivity index (χ3v) is 2.76. The molecule has 0 atom stereocenters. The average molecular weight is 244 g/mol. The van der Waals surface area contributed by atoms with Gasteiger partial charge >= 0.3 is 6.09 Å². The Kier molecular flexibility index (Phi) is 3.37. The summed E-state index contributed by atoms with van der Waals surface area (Å²) in [6.07, 6.45) is 3.13. The van der Waals surface area contributed by atoms with Crippen molar-refractivity contribution in [3.63, 3.8) is 0 Å². The fraction of sp³-hybridized carbons (Fsp3) is 0.214. The SMILES string of the molecule is CCOC(=O)n1cc(C)c(-c2ccccc2N)c1. The Labute approximate surface area is 106 Å². The first-order valence-corrected chi connectivity index (χ1v) is 5.84. The van der Waals surface area contributed by atoms with Gasteiger partial charge in [-0.2, -0.15) is 0 Å². The van der Waals surface area contributed by atoms with Crippen molar-refractivity contribution >= 4 is 11.8 Å². The maximum absolute atomic E-state index is 11.6. The molecule has 0 amide bonds. The summed E-state index contributed by atoms with van der Waals surface area (Å²) < 4.78 is 6.40. The second kappa shape index (κ2) is 4.96. The van der Waals surface area contributed by atoms with Gasteiger partial charge in [0.25, 0.3) is 0 Å². The Bertz CT molecular complexity index is 573. The molecule has 0 aliphatic carbocycles. The highest BCUT2D eigenvalue weighted by Gasteiger charge is 2.12. The summed E-state index contributed by atoms with van der Waals surface area (Å²) in [5.74, 6) is 0. The molecule has 0 spiro atoms. The third kappa shape index (κ3) is 2.22. The van der Waals surface area contributed by atoms with E-state index in [1.807, 2.05) is 31.2 Å². The van der Waals surface area contributed by atoms with Gasteiger partial charge in [-0.25, -0.2) is 4.79 Å². The Morgan fingerprint density at radius 3 is 2.67 bits per heavy atom. The van der Waals surface area contributed by atoms with E-state index in [0.717, 1.165) is 16.7 Å². The maximum atomic E-state index is 11.6. The van der Waals surface area contributed by atoms with Crippen LogP contribution in [0, 0.1) is 6.92 Å². The molecule has 0 bridgehead atoms. The van der Waals surface area contributed by atoms with Crippen LogP contribution in [-0.4, -0.2) is 17.3 Å². The van der Waals surface area contributed by atoms with Crippen LogP contribution in [0.15, 0.2) is 36.7 Å². The third-order valence-electron chi connectivity index (χ3n) is 2.76. The number of benzene rings is 1. The van der Waals surface area contributed by atoms with Gasteiger partial charge in [0.1, 0.15) is 0 Å². The molecule has 18 heavy (non-hydrogen) atoms. The summed E-state index contributed by atoms with van der Waals surface area (Å²) in [6, 6.07) is 7.59. The van der Waals surface area contributed by atoms with Crippen molar-refractivity contribution in [2.45, 2.75) is 13.8 Å². The average Bonchev–Trinajstić information content (AvgIpc) is 2.72. The predicted octanol–water partition coefficient (Wildman–Crippen LogP) is 3.05. The van der Waals surface area contributed by atoms with E-state index in [-0.39, 0.29) is 6.09 Å². The van der Waals surface area contributed by atoms with Gasteiger partial charge in [-0.1, -0.05) is 18.2 Å². The van der Waals surface area contributed by atoms with Gasteiger partial charge in [-0.05, 0) is 25.5 Å². The zero-order valence-electron chi connectivity index (χ0n) is 10.5. The molecule has 0 aliphatic rings. The quantitative estimate of drug-likeness (QED) is 0.826. The summed E-state index contributed by atoms with van der Waals surface area (Å²) in [7, 11) is 0. The smallest absolute Gasteiger partial charge is 0.417 e. The number of carbonyl (C=O) groups excluding carboxylic acids is 1. The molecule has 4 heteroatoms. The van der Waals surface area contributed by atoms with Crippen molar-refractivity contribution in [1.82, 2.24) is 4.57 Å². The van der Waals surface area contributed by atoms with Crippen molar-refractivity contribution in [2.24, 2.45) is 0 Å². The highest BCUT2D eigenvalue weighted by Crippen LogP contribution is 2.29. The Balaban J connectivity index is 2.42.